The molecule has 6 rings (SSSR count). The van der Waals surface area contributed by atoms with Gasteiger partial charge >= 0.3 is 0 Å². The van der Waals surface area contributed by atoms with Crippen LogP contribution < -0.4 is 10.3 Å². The molecule has 0 unspecified atom stereocenters. The maximum atomic E-state index is 13.5. The Bertz CT molecular complexity index is 1970. The van der Waals surface area contributed by atoms with Crippen LogP contribution in [0.3, 0.4) is 0 Å². The van der Waals surface area contributed by atoms with Crippen LogP contribution >= 0.6 is 15.9 Å². The molecular formula is C31H19BrN4O3. The Hall–Kier alpha value is -5.00. The lowest BCUT2D eigenvalue weighted by Crippen LogP contribution is -2.20. The number of halogens is 1. The summed E-state index contributed by atoms with van der Waals surface area (Å²) in [5, 5.41) is 15.1. The van der Waals surface area contributed by atoms with E-state index in [0.717, 1.165) is 21.0 Å². The van der Waals surface area contributed by atoms with Crippen LogP contribution in [0.5, 0.6) is 5.75 Å². The molecule has 4 aromatic carbocycles. The summed E-state index contributed by atoms with van der Waals surface area (Å²) in [5.41, 5.74) is 3.11. The van der Waals surface area contributed by atoms with Crippen LogP contribution in [0, 0.1) is 11.3 Å². The SMILES string of the molecule is N#Cc1ccccc1COc1ccc(C=Nn2c(-c3cc4cc(Br)ccc4o3)nc3ccccc3c2=O)cc1. The molecule has 7 nitrogen and oxygen atoms in total. The Kier molecular flexibility index (Phi) is 6.49. The van der Waals surface area contributed by atoms with Crippen molar-refractivity contribution in [1.82, 2.24) is 9.66 Å². The molecule has 0 spiro atoms. The molecule has 0 aliphatic carbocycles. The van der Waals surface area contributed by atoms with Gasteiger partial charge in [0.15, 0.2) is 5.76 Å². The number of hydrogen-bond donors (Lipinski definition) is 0. The normalized spacial score (nSPS) is 11.3. The van der Waals surface area contributed by atoms with Crippen molar-refractivity contribution in [3.05, 3.63) is 129 Å². The highest BCUT2D eigenvalue weighted by Crippen LogP contribution is 2.29. The lowest BCUT2D eigenvalue weighted by molar-refractivity contribution is 0.306. The molecule has 0 radical (unpaired) electrons. The van der Waals surface area contributed by atoms with E-state index in [1.807, 2.05) is 72.8 Å². The van der Waals surface area contributed by atoms with Crippen molar-refractivity contribution in [2.75, 3.05) is 0 Å². The van der Waals surface area contributed by atoms with Crippen molar-refractivity contribution in [2.45, 2.75) is 6.61 Å². The van der Waals surface area contributed by atoms with Crippen molar-refractivity contribution >= 4 is 44.0 Å². The van der Waals surface area contributed by atoms with Crippen molar-refractivity contribution in [3.63, 3.8) is 0 Å². The van der Waals surface area contributed by atoms with Gasteiger partial charge in [-0.2, -0.15) is 15.0 Å². The van der Waals surface area contributed by atoms with Crippen LogP contribution in [0.15, 0.2) is 116 Å². The van der Waals surface area contributed by atoms with Crippen molar-refractivity contribution in [1.29, 1.82) is 5.26 Å². The number of nitriles is 1. The van der Waals surface area contributed by atoms with E-state index >= 15 is 0 Å². The second-order valence-electron chi connectivity index (χ2n) is 8.73. The van der Waals surface area contributed by atoms with Crippen molar-refractivity contribution < 1.29 is 9.15 Å². The summed E-state index contributed by atoms with van der Waals surface area (Å²) in [6.07, 6.45) is 1.59. The maximum Gasteiger partial charge on any atom is 0.282 e. The average molecular weight is 575 g/mol. The monoisotopic (exact) mass is 574 g/mol. The first-order chi connectivity index (χ1) is 19.1. The van der Waals surface area contributed by atoms with E-state index in [9.17, 15) is 10.1 Å². The fourth-order valence-corrected chi connectivity index (χ4v) is 4.58. The van der Waals surface area contributed by atoms with Gasteiger partial charge in [-0.15, -0.1) is 0 Å². The topological polar surface area (TPSA) is 93.4 Å². The highest BCUT2D eigenvalue weighted by atomic mass is 79.9. The third-order valence-electron chi connectivity index (χ3n) is 6.19. The van der Waals surface area contributed by atoms with Gasteiger partial charge in [0.2, 0.25) is 5.82 Å². The molecule has 188 valence electrons. The molecule has 0 bridgehead atoms. The smallest absolute Gasteiger partial charge is 0.282 e. The van der Waals surface area contributed by atoms with Crippen LogP contribution in [0.4, 0.5) is 0 Å². The summed E-state index contributed by atoms with van der Waals surface area (Å²) in [6, 6.07) is 31.5. The molecule has 0 fully saturated rings. The average Bonchev–Trinajstić information content (AvgIpc) is 3.39. The highest BCUT2D eigenvalue weighted by molar-refractivity contribution is 9.10. The number of ether oxygens (including phenoxy) is 1. The number of aromatic nitrogens is 2. The minimum atomic E-state index is -0.301. The second kappa shape index (κ2) is 10.4. The van der Waals surface area contributed by atoms with Crippen molar-refractivity contribution in [2.24, 2.45) is 5.10 Å². The van der Waals surface area contributed by atoms with E-state index in [2.05, 4.69) is 27.1 Å². The fourth-order valence-electron chi connectivity index (χ4n) is 4.21. The molecule has 2 heterocycles. The minimum absolute atomic E-state index is 0.284. The Morgan fingerprint density at radius 1 is 1.00 bits per heavy atom. The summed E-state index contributed by atoms with van der Waals surface area (Å²) in [5.74, 6) is 1.39. The lowest BCUT2D eigenvalue weighted by atomic mass is 10.1. The van der Waals surface area contributed by atoms with Gasteiger partial charge in [0, 0.05) is 15.4 Å². The second-order valence-corrected chi connectivity index (χ2v) is 9.65. The molecule has 8 heteroatoms. The van der Waals surface area contributed by atoms with Crippen LogP contribution in [-0.2, 0) is 6.61 Å². The molecule has 0 saturated heterocycles. The lowest BCUT2D eigenvalue weighted by Gasteiger charge is -2.08. The number of hydrogen-bond acceptors (Lipinski definition) is 6. The van der Waals surface area contributed by atoms with Gasteiger partial charge < -0.3 is 9.15 Å². The molecule has 6 aromatic rings. The zero-order valence-corrected chi connectivity index (χ0v) is 22.0. The molecule has 0 aliphatic rings. The Morgan fingerprint density at radius 3 is 2.64 bits per heavy atom. The van der Waals surface area contributed by atoms with E-state index in [4.69, 9.17) is 14.1 Å². The van der Waals surface area contributed by atoms with Crippen LogP contribution in [-0.4, -0.2) is 15.9 Å². The molecule has 0 saturated carbocycles. The first-order valence-corrected chi connectivity index (χ1v) is 12.8. The third kappa shape index (κ3) is 4.96. The van der Waals surface area contributed by atoms with Crippen LogP contribution in [0.1, 0.15) is 16.7 Å². The van der Waals surface area contributed by atoms with E-state index in [1.165, 1.54) is 4.68 Å². The van der Waals surface area contributed by atoms with Gasteiger partial charge in [-0.1, -0.05) is 46.3 Å². The summed E-state index contributed by atoms with van der Waals surface area (Å²) in [6.45, 7) is 0.284. The number of benzene rings is 4. The molecule has 0 aliphatic heterocycles. The van der Waals surface area contributed by atoms with Gasteiger partial charge in [-0.05, 0) is 72.3 Å². The zero-order valence-electron chi connectivity index (χ0n) is 20.4. The van der Waals surface area contributed by atoms with Gasteiger partial charge in [-0.3, -0.25) is 4.79 Å². The largest absolute Gasteiger partial charge is 0.489 e. The summed E-state index contributed by atoms with van der Waals surface area (Å²) in [7, 11) is 0. The minimum Gasteiger partial charge on any atom is -0.489 e. The predicted molar refractivity (Wildman–Crippen MR) is 154 cm³/mol. The van der Waals surface area contributed by atoms with Gasteiger partial charge in [0.05, 0.1) is 28.8 Å². The Morgan fingerprint density at radius 2 is 1.79 bits per heavy atom. The number of nitrogens with zero attached hydrogens (tertiary/aromatic N) is 4. The van der Waals surface area contributed by atoms with E-state index < -0.39 is 0 Å². The first kappa shape index (κ1) is 24.3. The van der Waals surface area contributed by atoms with Crippen molar-refractivity contribution in [3.8, 4) is 23.4 Å². The number of rotatable bonds is 6. The Labute approximate surface area is 231 Å². The molecular weight excluding hydrogens is 556 g/mol. The first-order valence-electron chi connectivity index (χ1n) is 12.1. The molecule has 0 N–H and O–H groups in total. The number of furan rings is 1. The summed E-state index contributed by atoms with van der Waals surface area (Å²) in [4.78, 5) is 18.2. The predicted octanol–water partition coefficient (Wildman–Crippen LogP) is 6.91. The standard InChI is InChI=1S/C31H19BrN4O3/c32-24-11-14-28-23(15-24)16-29(39-28)30-35-27-8-4-3-7-26(27)31(37)36(30)34-18-20-9-12-25(13-10-20)38-19-22-6-2-1-5-21(22)17-33/h1-16,18H,19H2. The maximum absolute atomic E-state index is 13.5. The highest BCUT2D eigenvalue weighted by Gasteiger charge is 2.16. The quantitative estimate of drug-likeness (QED) is 0.201. The van der Waals surface area contributed by atoms with Gasteiger partial charge in [0.25, 0.3) is 5.56 Å². The number of fused-ring (bicyclic) bond motifs is 2. The zero-order chi connectivity index (χ0) is 26.8. The summed E-state index contributed by atoms with van der Waals surface area (Å²) < 4.78 is 14.1. The fraction of sp³-hybridized carbons (Fsp3) is 0.0323. The molecule has 0 atom stereocenters. The summed E-state index contributed by atoms with van der Waals surface area (Å²) >= 11 is 3.48. The van der Waals surface area contributed by atoms with E-state index in [-0.39, 0.29) is 12.2 Å². The van der Waals surface area contributed by atoms with Crippen LogP contribution in [0.25, 0.3) is 33.5 Å². The van der Waals surface area contributed by atoms with Gasteiger partial charge in [0.1, 0.15) is 17.9 Å². The Balaban J connectivity index is 1.32. The van der Waals surface area contributed by atoms with Crippen LogP contribution in [0.2, 0.25) is 0 Å². The van der Waals surface area contributed by atoms with Gasteiger partial charge in [-0.25, -0.2) is 4.98 Å². The molecule has 2 aromatic heterocycles. The molecule has 0 amide bonds. The van der Waals surface area contributed by atoms with E-state index in [1.54, 1.807) is 30.5 Å². The molecule has 39 heavy (non-hydrogen) atoms. The third-order valence-corrected chi connectivity index (χ3v) is 6.68. The number of para-hydroxylation sites is 1. The van der Waals surface area contributed by atoms with E-state index in [0.29, 0.717) is 39.4 Å².